The number of methoxy groups -OCH3 is 1. The molecule has 0 spiro atoms. The van der Waals surface area contributed by atoms with Crippen molar-refractivity contribution < 1.29 is 9.53 Å². The van der Waals surface area contributed by atoms with E-state index in [0.29, 0.717) is 11.8 Å². The van der Waals surface area contributed by atoms with Crippen LogP contribution in [0.5, 0.6) is 5.75 Å². The third-order valence-electron chi connectivity index (χ3n) is 5.26. The maximum atomic E-state index is 13.0. The molecule has 3 atom stereocenters. The molecule has 2 heterocycles. The molecule has 0 bridgehead atoms. The van der Waals surface area contributed by atoms with Crippen molar-refractivity contribution in [2.75, 3.05) is 13.7 Å². The van der Waals surface area contributed by atoms with Crippen molar-refractivity contribution in [3.8, 4) is 5.75 Å². The van der Waals surface area contributed by atoms with E-state index in [1.807, 2.05) is 35.1 Å². The molecule has 0 unspecified atom stereocenters. The Hall–Kier alpha value is -2.30. The van der Waals surface area contributed by atoms with Crippen LogP contribution >= 0.6 is 0 Å². The monoisotopic (exact) mass is 325 g/mol. The molecule has 126 valence electrons. The molecule has 1 aliphatic carbocycles. The van der Waals surface area contributed by atoms with E-state index in [1.54, 1.807) is 13.3 Å². The lowest BCUT2D eigenvalue weighted by atomic mass is 10.1. The van der Waals surface area contributed by atoms with Crippen LogP contribution in [-0.4, -0.2) is 40.3 Å². The molecule has 1 aliphatic heterocycles. The largest absolute Gasteiger partial charge is 0.496 e. The topological polar surface area (TPSA) is 47.4 Å². The minimum atomic E-state index is 0.111. The molecule has 0 N–H and O–H groups in total. The highest BCUT2D eigenvalue weighted by Crippen LogP contribution is 2.51. The summed E-state index contributed by atoms with van der Waals surface area (Å²) in [6.45, 7) is 1.67. The summed E-state index contributed by atoms with van der Waals surface area (Å²) in [4.78, 5) is 15.1. The van der Waals surface area contributed by atoms with Gasteiger partial charge in [-0.2, -0.15) is 5.10 Å². The van der Waals surface area contributed by atoms with Crippen molar-refractivity contribution in [3.05, 3.63) is 48.3 Å². The molecule has 2 aromatic rings. The van der Waals surface area contributed by atoms with Crippen LogP contribution in [0, 0.1) is 5.92 Å². The average Bonchev–Trinajstić information content (AvgIpc) is 3.00. The Morgan fingerprint density at radius 2 is 2.21 bits per heavy atom. The third kappa shape index (κ3) is 2.79. The highest BCUT2D eigenvalue weighted by molar-refractivity contribution is 5.83. The Bertz CT molecular complexity index is 713. The van der Waals surface area contributed by atoms with Crippen molar-refractivity contribution in [3.63, 3.8) is 0 Å². The lowest BCUT2D eigenvalue weighted by Gasteiger charge is -2.25. The van der Waals surface area contributed by atoms with Gasteiger partial charge in [-0.05, 0) is 42.9 Å². The molecule has 1 saturated carbocycles. The van der Waals surface area contributed by atoms with E-state index in [9.17, 15) is 4.79 Å². The number of ether oxygens (including phenoxy) is 1. The number of para-hydroxylation sites is 1. The molecular weight excluding hydrogens is 302 g/mol. The van der Waals surface area contributed by atoms with Gasteiger partial charge in [-0.15, -0.1) is 0 Å². The van der Waals surface area contributed by atoms with E-state index >= 15 is 0 Å². The molecule has 1 aromatic heterocycles. The second kappa shape index (κ2) is 6.30. The average molecular weight is 325 g/mol. The quantitative estimate of drug-likeness (QED) is 0.849. The van der Waals surface area contributed by atoms with Crippen LogP contribution < -0.4 is 4.74 Å². The fourth-order valence-electron chi connectivity index (χ4n) is 3.94. The van der Waals surface area contributed by atoms with Gasteiger partial charge in [0.25, 0.3) is 0 Å². The first-order valence-electron chi connectivity index (χ1n) is 8.68. The van der Waals surface area contributed by atoms with E-state index in [2.05, 4.69) is 16.1 Å². The van der Waals surface area contributed by atoms with Gasteiger partial charge in [0.1, 0.15) is 5.75 Å². The number of hydrogen-bond donors (Lipinski definition) is 0. The SMILES string of the molecule is COc1ccccc1[C@@H]1C[C@@H]1C(=O)N1CCC[C@@H]1Cn1cccn1. The number of likely N-dealkylation sites (tertiary alicyclic amines) is 1. The van der Waals surface area contributed by atoms with Crippen LogP contribution in [0.25, 0.3) is 0 Å². The first-order valence-corrected chi connectivity index (χ1v) is 8.68. The molecule has 5 nitrogen and oxygen atoms in total. The molecule has 2 aliphatic rings. The molecule has 24 heavy (non-hydrogen) atoms. The second-order valence-electron chi connectivity index (χ2n) is 6.75. The number of amides is 1. The number of benzene rings is 1. The number of carbonyl (C=O) groups excluding carboxylic acids is 1. The maximum Gasteiger partial charge on any atom is 0.226 e. The first kappa shape index (κ1) is 15.2. The van der Waals surface area contributed by atoms with Crippen LogP contribution in [-0.2, 0) is 11.3 Å². The van der Waals surface area contributed by atoms with Crippen LogP contribution in [0.15, 0.2) is 42.7 Å². The zero-order chi connectivity index (χ0) is 16.5. The zero-order valence-corrected chi connectivity index (χ0v) is 14.0. The third-order valence-corrected chi connectivity index (χ3v) is 5.26. The van der Waals surface area contributed by atoms with Gasteiger partial charge < -0.3 is 9.64 Å². The summed E-state index contributed by atoms with van der Waals surface area (Å²) in [6, 6.07) is 10.3. The fraction of sp³-hybridized carbons (Fsp3) is 0.474. The number of carbonyl (C=O) groups is 1. The molecular formula is C19H23N3O2. The Balaban J connectivity index is 1.44. The van der Waals surface area contributed by atoms with Gasteiger partial charge in [0, 0.05) is 24.9 Å². The summed E-state index contributed by atoms with van der Waals surface area (Å²) < 4.78 is 7.39. The van der Waals surface area contributed by atoms with Gasteiger partial charge in [0.15, 0.2) is 0 Å². The lowest BCUT2D eigenvalue weighted by Crippen LogP contribution is -2.39. The molecule has 5 heteroatoms. The minimum absolute atomic E-state index is 0.111. The maximum absolute atomic E-state index is 13.0. The molecule has 1 aromatic carbocycles. The number of nitrogens with zero attached hydrogens (tertiary/aromatic N) is 3. The smallest absolute Gasteiger partial charge is 0.226 e. The van der Waals surface area contributed by atoms with Crippen molar-refractivity contribution in [1.82, 2.24) is 14.7 Å². The van der Waals surface area contributed by atoms with Crippen LogP contribution in [0.4, 0.5) is 0 Å². The molecule has 2 fully saturated rings. The van der Waals surface area contributed by atoms with E-state index < -0.39 is 0 Å². The van der Waals surface area contributed by atoms with Crippen LogP contribution in [0.1, 0.15) is 30.7 Å². The van der Waals surface area contributed by atoms with Gasteiger partial charge >= 0.3 is 0 Å². The zero-order valence-electron chi connectivity index (χ0n) is 14.0. The normalized spacial score (nSPS) is 25.7. The highest BCUT2D eigenvalue weighted by atomic mass is 16.5. The number of aromatic nitrogens is 2. The van der Waals surface area contributed by atoms with Gasteiger partial charge in [0.2, 0.25) is 5.91 Å². The van der Waals surface area contributed by atoms with E-state index in [4.69, 9.17) is 4.74 Å². The molecule has 1 amide bonds. The second-order valence-corrected chi connectivity index (χ2v) is 6.75. The minimum Gasteiger partial charge on any atom is -0.496 e. The number of rotatable bonds is 5. The molecule has 0 radical (unpaired) electrons. The Morgan fingerprint density at radius 3 is 3.00 bits per heavy atom. The van der Waals surface area contributed by atoms with Crippen molar-refractivity contribution in [1.29, 1.82) is 0 Å². The van der Waals surface area contributed by atoms with Gasteiger partial charge in [0.05, 0.1) is 19.7 Å². The summed E-state index contributed by atoms with van der Waals surface area (Å²) in [5, 5.41) is 4.28. The predicted molar refractivity (Wildman–Crippen MR) is 90.8 cm³/mol. The van der Waals surface area contributed by atoms with Gasteiger partial charge in [-0.25, -0.2) is 0 Å². The summed E-state index contributed by atoms with van der Waals surface area (Å²) in [6.07, 6.45) is 6.85. The van der Waals surface area contributed by atoms with Crippen molar-refractivity contribution >= 4 is 5.91 Å². The Labute approximate surface area is 142 Å². The summed E-state index contributed by atoms with van der Waals surface area (Å²) in [5.74, 6) is 1.62. The first-order chi connectivity index (χ1) is 11.8. The Morgan fingerprint density at radius 1 is 1.33 bits per heavy atom. The lowest BCUT2D eigenvalue weighted by molar-refractivity contribution is -0.133. The Kier molecular flexibility index (Phi) is 4.00. The summed E-state index contributed by atoms with van der Waals surface area (Å²) in [7, 11) is 1.69. The van der Waals surface area contributed by atoms with E-state index in [-0.39, 0.29) is 12.0 Å². The van der Waals surface area contributed by atoms with Crippen LogP contribution in [0.2, 0.25) is 0 Å². The molecule has 4 rings (SSSR count). The van der Waals surface area contributed by atoms with E-state index in [1.165, 1.54) is 5.56 Å². The molecule has 1 saturated heterocycles. The fourth-order valence-corrected chi connectivity index (χ4v) is 3.94. The van der Waals surface area contributed by atoms with Crippen LogP contribution in [0.3, 0.4) is 0 Å². The van der Waals surface area contributed by atoms with Gasteiger partial charge in [-0.3, -0.25) is 9.48 Å². The standard InChI is InChI=1S/C19H23N3O2/c1-24-18-8-3-2-7-15(18)16-12-17(16)19(23)22-11-4-6-14(22)13-21-10-5-9-20-21/h2-3,5,7-10,14,16-17H,4,6,11-13H2,1H3/t14-,16+,17+/m1/s1. The predicted octanol–water partition coefficient (Wildman–Crippen LogP) is 2.69. The summed E-state index contributed by atoms with van der Waals surface area (Å²) in [5.41, 5.74) is 1.17. The van der Waals surface area contributed by atoms with Crippen molar-refractivity contribution in [2.45, 2.75) is 37.8 Å². The van der Waals surface area contributed by atoms with Crippen molar-refractivity contribution in [2.24, 2.45) is 5.92 Å². The highest BCUT2D eigenvalue weighted by Gasteiger charge is 2.48. The van der Waals surface area contributed by atoms with Gasteiger partial charge in [-0.1, -0.05) is 18.2 Å². The summed E-state index contributed by atoms with van der Waals surface area (Å²) >= 11 is 0. The number of hydrogen-bond acceptors (Lipinski definition) is 3. The van der Waals surface area contributed by atoms with E-state index in [0.717, 1.165) is 38.1 Å².